The van der Waals surface area contributed by atoms with Gasteiger partial charge in [-0.25, -0.2) is 9.97 Å². The molecule has 150 valence electrons. The Kier molecular flexibility index (Phi) is 4.49. The van der Waals surface area contributed by atoms with Crippen molar-refractivity contribution in [3.8, 4) is 11.3 Å². The number of hydrogen-bond acceptors (Lipinski definition) is 5. The lowest BCUT2D eigenvalue weighted by Crippen LogP contribution is -2.36. The van der Waals surface area contributed by atoms with Gasteiger partial charge < -0.3 is 20.4 Å². The van der Waals surface area contributed by atoms with Gasteiger partial charge in [-0.15, -0.1) is 0 Å². The zero-order valence-corrected chi connectivity index (χ0v) is 16.8. The third-order valence-corrected chi connectivity index (χ3v) is 5.82. The van der Waals surface area contributed by atoms with E-state index in [2.05, 4.69) is 56.1 Å². The van der Waals surface area contributed by atoms with Crippen LogP contribution in [0.2, 0.25) is 0 Å². The molecule has 3 aromatic heterocycles. The molecule has 4 aromatic rings. The standard InChI is InChI=1S/C22H26N6O/c1-13-24-21-17(11-20(23)27-22(21)25-13)19-10-15-9-14(3-4-18(15)26-19)12-28(2)16-5-7-29-8-6-16/h3-4,9-11,16,26H,5-8,12H2,1-2H3,(H3,23,24,25,27). The Hall–Kier alpha value is -2.90. The number of rotatable bonds is 4. The molecule has 0 unspecified atom stereocenters. The van der Waals surface area contributed by atoms with Crippen LogP contribution in [0.5, 0.6) is 0 Å². The van der Waals surface area contributed by atoms with E-state index in [0.29, 0.717) is 17.5 Å². The van der Waals surface area contributed by atoms with Gasteiger partial charge in [0.25, 0.3) is 0 Å². The molecule has 1 aromatic carbocycles. The molecule has 0 radical (unpaired) electrons. The van der Waals surface area contributed by atoms with E-state index in [-0.39, 0.29) is 0 Å². The predicted molar refractivity (Wildman–Crippen MR) is 116 cm³/mol. The van der Waals surface area contributed by atoms with Gasteiger partial charge >= 0.3 is 0 Å². The smallest absolute Gasteiger partial charge is 0.180 e. The maximum absolute atomic E-state index is 6.02. The van der Waals surface area contributed by atoms with Crippen molar-refractivity contribution >= 4 is 27.9 Å². The summed E-state index contributed by atoms with van der Waals surface area (Å²) in [6.45, 7) is 4.60. The van der Waals surface area contributed by atoms with Crippen LogP contribution in [-0.2, 0) is 11.3 Å². The third-order valence-electron chi connectivity index (χ3n) is 5.82. The average Bonchev–Trinajstić information content (AvgIpc) is 3.30. The van der Waals surface area contributed by atoms with Crippen LogP contribution in [0.4, 0.5) is 5.82 Å². The van der Waals surface area contributed by atoms with Crippen molar-refractivity contribution in [3.63, 3.8) is 0 Å². The third kappa shape index (κ3) is 3.47. The first kappa shape index (κ1) is 18.1. The summed E-state index contributed by atoms with van der Waals surface area (Å²) in [5.74, 6) is 1.30. The molecule has 0 saturated carbocycles. The summed E-state index contributed by atoms with van der Waals surface area (Å²) in [6, 6.07) is 11.3. The Morgan fingerprint density at radius 1 is 1.14 bits per heavy atom. The second-order valence-corrected chi connectivity index (χ2v) is 7.98. The molecule has 29 heavy (non-hydrogen) atoms. The number of aryl methyl sites for hydroxylation is 1. The highest BCUT2D eigenvalue weighted by molar-refractivity contribution is 5.95. The maximum Gasteiger partial charge on any atom is 0.180 e. The number of nitrogens with two attached hydrogens (primary N) is 1. The Bertz CT molecular complexity index is 1170. The number of imidazole rings is 1. The molecule has 0 amide bonds. The number of benzene rings is 1. The van der Waals surface area contributed by atoms with E-state index in [9.17, 15) is 0 Å². The van der Waals surface area contributed by atoms with Gasteiger partial charge in [0.1, 0.15) is 11.6 Å². The molecule has 0 atom stereocenters. The van der Waals surface area contributed by atoms with Crippen LogP contribution in [0.3, 0.4) is 0 Å². The summed E-state index contributed by atoms with van der Waals surface area (Å²) in [4.78, 5) is 18.0. The fraction of sp³-hybridized carbons (Fsp3) is 0.364. The molecule has 5 rings (SSSR count). The van der Waals surface area contributed by atoms with Gasteiger partial charge in [-0.3, -0.25) is 4.90 Å². The number of pyridine rings is 1. The molecule has 0 bridgehead atoms. The number of H-pyrrole nitrogens is 2. The molecular weight excluding hydrogens is 364 g/mol. The number of ether oxygens (including phenoxy) is 1. The molecule has 4 N–H and O–H groups in total. The second kappa shape index (κ2) is 7.17. The van der Waals surface area contributed by atoms with E-state index >= 15 is 0 Å². The summed E-state index contributed by atoms with van der Waals surface area (Å²) >= 11 is 0. The predicted octanol–water partition coefficient (Wildman–Crippen LogP) is 3.61. The number of anilines is 1. The number of nitrogens with one attached hydrogen (secondary N) is 2. The molecule has 7 nitrogen and oxygen atoms in total. The highest BCUT2D eigenvalue weighted by Crippen LogP contribution is 2.31. The van der Waals surface area contributed by atoms with Crippen molar-refractivity contribution in [1.29, 1.82) is 0 Å². The minimum atomic E-state index is 0.469. The minimum absolute atomic E-state index is 0.469. The number of aromatic amines is 2. The van der Waals surface area contributed by atoms with Gasteiger partial charge in [0.15, 0.2) is 5.65 Å². The van der Waals surface area contributed by atoms with Gasteiger partial charge in [-0.1, -0.05) is 6.07 Å². The van der Waals surface area contributed by atoms with Crippen molar-refractivity contribution in [2.45, 2.75) is 32.4 Å². The van der Waals surface area contributed by atoms with E-state index in [1.807, 2.05) is 13.0 Å². The Morgan fingerprint density at radius 3 is 2.79 bits per heavy atom. The summed E-state index contributed by atoms with van der Waals surface area (Å²) in [5.41, 5.74) is 12.0. The minimum Gasteiger partial charge on any atom is -0.384 e. The van der Waals surface area contributed by atoms with Crippen molar-refractivity contribution in [2.75, 3.05) is 26.0 Å². The lowest BCUT2D eigenvalue weighted by Gasteiger charge is -2.31. The first-order chi connectivity index (χ1) is 14.1. The Labute approximate surface area is 169 Å². The summed E-state index contributed by atoms with van der Waals surface area (Å²) in [7, 11) is 2.21. The summed E-state index contributed by atoms with van der Waals surface area (Å²) < 4.78 is 5.49. The van der Waals surface area contributed by atoms with E-state index < -0.39 is 0 Å². The van der Waals surface area contributed by atoms with Crippen molar-refractivity contribution in [2.24, 2.45) is 0 Å². The van der Waals surface area contributed by atoms with Gasteiger partial charge in [0.2, 0.25) is 0 Å². The number of fused-ring (bicyclic) bond motifs is 2. The van der Waals surface area contributed by atoms with E-state index in [1.165, 1.54) is 10.9 Å². The molecule has 1 aliphatic heterocycles. The van der Waals surface area contributed by atoms with Gasteiger partial charge in [0, 0.05) is 48.0 Å². The zero-order chi connectivity index (χ0) is 20.0. The molecule has 0 spiro atoms. The molecule has 4 heterocycles. The molecule has 1 saturated heterocycles. The van der Waals surface area contributed by atoms with Crippen LogP contribution in [0, 0.1) is 6.92 Å². The number of nitrogen functional groups attached to an aromatic ring is 1. The second-order valence-electron chi connectivity index (χ2n) is 7.98. The largest absolute Gasteiger partial charge is 0.384 e. The van der Waals surface area contributed by atoms with Crippen LogP contribution >= 0.6 is 0 Å². The highest BCUT2D eigenvalue weighted by atomic mass is 16.5. The van der Waals surface area contributed by atoms with Gasteiger partial charge in [0.05, 0.1) is 5.52 Å². The molecule has 7 heteroatoms. The van der Waals surface area contributed by atoms with Crippen LogP contribution in [0.25, 0.3) is 33.3 Å². The lowest BCUT2D eigenvalue weighted by molar-refractivity contribution is 0.0407. The fourth-order valence-electron chi connectivity index (χ4n) is 4.30. The van der Waals surface area contributed by atoms with Crippen molar-refractivity contribution in [3.05, 3.63) is 41.7 Å². The topological polar surface area (TPSA) is 95.8 Å². The normalized spacial score (nSPS) is 15.7. The quantitative estimate of drug-likeness (QED) is 0.495. The first-order valence-electron chi connectivity index (χ1n) is 10.1. The van der Waals surface area contributed by atoms with Gasteiger partial charge in [-0.05, 0) is 56.6 Å². The van der Waals surface area contributed by atoms with E-state index in [4.69, 9.17) is 10.5 Å². The Balaban J connectivity index is 1.47. The summed E-state index contributed by atoms with van der Waals surface area (Å²) in [6.07, 6.45) is 2.21. The van der Waals surface area contributed by atoms with Gasteiger partial charge in [-0.2, -0.15) is 0 Å². The molecule has 1 aliphatic rings. The monoisotopic (exact) mass is 390 g/mol. The SMILES string of the molecule is Cc1nc2nc(N)cc(-c3cc4cc(CN(C)C5CCOCC5)ccc4[nH]3)c2[nH]1. The zero-order valence-electron chi connectivity index (χ0n) is 16.8. The van der Waals surface area contributed by atoms with E-state index in [1.54, 1.807) is 0 Å². The van der Waals surface area contributed by atoms with E-state index in [0.717, 1.165) is 60.7 Å². The highest BCUT2D eigenvalue weighted by Gasteiger charge is 2.19. The average molecular weight is 390 g/mol. The van der Waals surface area contributed by atoms with Crippen LogP contribution in [-0.4, -0.2) is 51.1 Å². The first-order valence-corrected chi connectivity index (χ1v) is 10.1. The van der Waals surface area contributed by atoms with Crippen LogP contribution in [0.1, 0.15) is 24.2 Å². The van der Waals surface area contributed by atoms with Crippen molar-refractivity contribution in [1.82, 2.24) is 24.8 Å². The molecule has 1 fully saturated rings. The van der Waals surface area contributed by atoms with Crippen LogP contribution in [0.15, 0.2) is 30.3 Å². The lowest BCUT2D eigenvalue weighted by atomic mass is 10.1. The number of nitrogens with zero attached hydrogens (tertiary/aromatic N) is 3. The molecule has 0 aliphatic carbocycles. The molecular formula is C22H26N6O. The Morgan fingerprint density at radius 2 is 1.97 bits per heavy atom. The maximum atomic E-state index is 6.02. The van der Waals surface area contributed by atoms with Crippen molar-refractivity contribution < 1.29 is 4.74 Å². The van der Waals surface area contributed by atoms with Crippen LogP contribution < -0.4 is 5.73 Å². The fourth-order valence-corrected chi connectivity index (χ4v) is 4.30. The number of hydrogen-bond donors (Lipinski definition) is 3. The summed E-state index contributed by atoms with van der Waals surface area (Å²) in [5, 5.41) is 1.19. The number of aromatic nitrogens is 4.